The Labute approximate surface area is 190 Å². The number of anilines is 1. The number of hydrogen-bond donors (Lipinski definition) is 0. The number of halogens is 3. The first-order valence-electron chi connectivity index (χ1n) is 11.1. The third kappa shape index (κ3) is 5.74. The lowest BCUT2D eigenvalue weighted by Gasteiger charge is -2.23. The van der Waals surface area contributed by atoms with Crippen LogP contribution in [-0.2, 0) is 11.0 Å². The van der Waals surface area contributed by atoms with Gasteiger partial charge < -0.3 is 14.5 Å². The van der Waals surface area contributed by atoms with E-state index in [9.17, 15) is 18.0 Å². The fourth-order valence-corrected chi connectivity index (χ4v) is 4.02. The highest BCUT2D eigenvalue weighted by Crippen LogP contribution is 2.29. The lowest BCUT2D eigenvalue weighted by atomic mass is 10.1. The standard InChI is InChI=1S/C25H26F3N3O2/c26-25(27,28)20-11-12-23(29-18-20)30-13-5-14-31(16-15-30)24(32)10-4-17-33-22-9-3-7-19-6-1-2-8-21(19)22/h1-3,6-9,11-12,18H,4-5,10,13-17H2. The fourth-order valence-electron chi connectivity index (χ4n) is 4.02. The number of alkyl halides is 3. The summed E-state index contributed by atoms with van der Waals surface area (Å²) in [7, 11) is 0. The molecule has 0 unspecified atom stereocenters. The topological polar surface area (TPSA) is 45.7 Å². The highest BCUT2D eigenvalue weighted by molar-refractivity contribution is 5.88. The first kappa shape index (κ1) is 22.9. The molecule has 5 nitrogen and oxygen atoms in total. The largest absolute Gasteiger partial charge is 0.493 e. The number of nitrogens with zero attached hydrogens (tertiary/aromatic N) is 3. The molecule has 1 aromatic heterocycles. The number of aromatic nitrogens is 1. The molecule has 2 heterocycles. The van der Waals surface area contributed by atoms with Gasteiger partial charge in [0.05, 0.1) is 12.2 Å². The van der Waals surface area contributed by atoms with E-state index in [1.807, 2.05) is 52.3 Å². The van der Waals surface area contributed by atoms with Gasteiger partial charge in [-0.3, -0.25) is 4.79 Å². The summed E-state index contributed by atoms with van der Waals surface area (Å²) in [5.74, 6) is 1.38. The van der Waals surface area contributed by atoms with Crippen LogP contribution in [0.1, 0.15) is 24.8 Å². The predicted octanol–water partition coefficient (Wildman–Crippen LogP) is 5.15. The van der Waals surface area contributed by atoms with Gasteiger partial charge in [-0.05, 0) is 36.4 Å². The van der Waals surface area contributed by atoms with Crippen LogP contribution in [0, 0.1) is 0 Å². The van der Waals surface area contributed by atoms with Gasteiger partial charge in [0.1, 0.15) is 11.6 Å². The number of amides is 1. The second-order valence-electron chi connectivity index (χ2n) is 8.05. The fraction of sp³-hybridized carbons (Fsp3) is 0.360. The van der Waals surface area contributed by atoms with Crippen LogP contribution in [0.2, 0.25) is 0 Å². The number of pyridine rings is 1. The Balaban J connectivity index is 1.25. The molecule has 174 valence electrons. The van der Waals surface area contributed by atoms with Crippen LogP contribution in [0.4, 0.5) is 19.0 Å². The number of fused-ring (bicyclic) bond motifs is 1. The molecule has 3 aromatic rings. The highest BCUT2D eigenvalue weighted by atomic mass is 19.4. The van der Waals surface area contributed by atoms with Gasteiger partial charge in [-0.15, -0.1) is 0 Å². The minimum absolute atomic E-state index is 0.0683. The molecule has 0 saturated carbocycles. The van der Waals surface area contributed by atoms with Crippen LogP contribution in [0.3, 0.4) is 0 Å². The number of carbonyl (C=O) groups is 1. The van der Waals surface area contributed by atoms with Crippen LogP contribution in [-0.4, -0.2) is 48.6 Å². The zero-order valence-corrected chi connectivity index (χ0v) is 18.2. The van der Waals surface area contributed by atoms with Crippen molar-refractivity contribution in [3.05, 3.63) is 66.4 Å². The molecule has 0 radical (unpaired) electrons. The van der Waals surface area contributed by atoms with E-state index in [2.05, 4.69) is 4.98 Å². The molecule has 0 N–H and O–H groups in total. The molecule has 1 aliphatic rings. The molecule has 8 heteroatoms. The molecular weight excluding hydrogens is 431 g/mol. The molecule has 4 rings (SSSR count). The van der Waals surface area contributed by atoms with Gasteiger partial charge in [0.25, 0.3) is 0 Å². The zero-order chi connectivity index (χ0) is 23.3. The average Bonchev–Trinajstić information content (AvgIpc) is 3.08. The van der Waals surface area contributed by atoms with Crippen molar-refractivity contribution in [2.24, 2.45) is 0 Å². The van der Waals surface area contributed by atoms with Gasteiger partial charge in [0, 0.05) is 44.2 Å². The van der Waals surface area contributed by atoms with Crippen LogP contribution in [0.25, 0.3) is 10.8 Å². The summed E-state index contributed by atoms with van der Waals surface area (Å²) < 4.78 is 44.2. The minimum Gasteiger partial charge on any atom is -0.493 e. The van der Waals surface area contributed by atoms with Crippen LogP contribution >= 0.6 is 0 Å². The van der Waals surface area contributed by atoms with Crippen LogP contribution in [0.15, 0.2) is 60.8 Å². The molecule has 33 heavy (non-hydrogen) atoms. The maximum Gasteiger partial charge on any atom is 0.417 e. The van der Waals surface area contributed by atoms with Gasteiger partial charge in [0.15, 0.2) is 0 Å². The van der Waals surface area contributed by atoms with Crippen molar-refractivity contribution in [3.8, 4) is 5.75 Å². The number of benzene rings is 2. The van der Waals surface area contributed by atoms with Crippen molar-refractivity contribution in [3.63, 3.8) is 0 Å². The SMILES string of the molecule is O=C(CCCOc1cccc2ccccc12)N1CCCN(c2ccc(C(F)(F)F)cn2)CC1. The summed E-state index contributed by atoms with van der Waals surface area (Å²) in [5, 5.41) is 2.17. The van der Waals surface area contributed by atoms with E-state index in [-0.39, 0.29) is 5.91 Å². The monoisotopic (exact) mass is 457 g/mol. The predicted molar refractivity (Wildman–Crippen MR) is 121 cm³/mol. The van der Waals surface area contributed by atoms with Crippen molar-refractivity contribution < 1.29 is 22.7 Å². The normalized spacial score (nSPS) is 14.9. The van der Waals surface area contributed by atoms with Gasteiger partial charge in [-0.1, -0.05) is 36.4 Å². The Kier molecular flexibility index (Phi) is 7.01. The third-order valence-corrected chi connectivity index (χ3v) is 5.79. The maximum atomic E-state index is 12.8. The van der Waals surface area contributed by atoms with E-state index in [1.54, 1.807) is 0 Å². The molecule has 1 aliphatic heterocycles. The minimum atomic E-state index is -4.40. The molecule has 1 saturated heterocycles. The molecule has 1 fully saturated rings. The molecule has 0 bridgehead atoms. The maximum absolute atomic E-state index is 12.8. The van der Waals surface area contributed by atoms with E-state index in [0.717, 1.165) is 35.2 Å². The van der Waals surface area contributed by atoms with Crippen molar-refractivity contribution in [1.82, 2.24) is 9.88 Å². The summed E-state index contributed by atoms with van der Waals surface area (Å²) in [4.78, 5) is 20.4. The van der Waals surface area contributed by atoms with Crippen molar-refractivity contribution >= 4 is 22.5 Å². The van der Waals surface area contributed by atoms with Crippen LogP contribution < -0.4 is 9.64 Å². The zero-order valence-electron chi connectivity index (χ0n) is 18.2. The quantitative estimate of drug-likeness (QED) is 0.480. The number of carbonyl (C=O) groups excluding carboxylic acids is 1. The van der Waals surface area contributed by atoms with E-state index >= 15 is 0 Å². The van der Waals surface area contributed by atoms with E-state index in [1.165, 1.54) is 6.07 Å². The second kappa shape index (κ2) is 10.1. The lowest BCUT2D eigenvalue weighted by molar-refractivity contribution is -0.137. The summed E-state index contributed by atoms with van der Waals surface area (Å²) >= 11 is 0. The van der Waals surface area contributed by atoms with E-state index < -0.39 is 11.7 Å². The Morgan fingerprint density at radius 3 is 2.58 bits per heavy atom. The summed E-state index contributed by atoms with van der Waals surface area (Å²) in [6.07, 6.45) is -1.79. The summed E-state index contributed by atoms with van der Waals surface area (Å²) in [6, 6.07) is 16.4. The molecule has 0 spiro atoms. The Hall–Kier alpha value is -3.29. The molecule has 1 amide bonds. The van der Waals surface area contributed by atoms with E-state index in [0.29, 0.717) is 51.4 Å². The molecule has 0 aliphatic carbocycles. The molecule has 0 atom stereocenters. The van der Waals surface area contributed by atoms with Gasteiger partial charge in [-0.2, -0.15) is 13.2 Å². The van der Waals surface area contributed by atoms with Gasteiger partial charge >= 0.3 is 6.18 Å². The lowest BCUT2D eigenvalue weighted by Crippen LogP contribution is -2.35. The number of hydrogen-bond acceptors (Lipinski definition) is 4. The van der Waals surface area contributed by atoms with Crippen molar-refractivity contribution in [1.29, 1.82) is 0 Å². The van der Waals surface area contributed by atoms with Crippen LogP contribution in [0.5, 0.6) is 5.75 Å². The third-order valence-electron chi connectivity index (χ3n) is 5.79. The number of rotatable bonds is 6. The highest BCUT2D eigenvalue weighted by Gasteiger charge is 2.31. The summed E-state index contributed by atoms with van der Waals surface area (Å²) in [6.45, 7) is 2.78. The Morgan fingerprint density at radius 1 is 0.970 bits per heavy atom. The molecular formula is C25H26F3N3O2. The van der Waals surface area contributed by atoms with Gasteiger partial charge in [0.2, 0.25) is 5.91 Å². The molecule has 2 aromatic carbocycles. The van der Waals surface area contributed by atoms with E-state index in [4.69, 9.17) is 4.74 Å². The average molecular weight is 457 g/mol. The van der Waals surface area contributed by atoms with Crippen molar-refractivity contribution in [2.45, 2.75) is 25.4 Å². The second-order valence-corrected chi connectivity index (χ2v) is 8.05. The smallest absolute Gasteiger partial charge is 0.417 e. The first-order valence-corrected chi connectivity index (χ1v) is 11.1. The Bertz CT molecular complexity index is 1080. The first-order chi connectivity index (χ1) is 15.9. The summed E-state index contributed by atoms with van der Waals surface area (Å²) in [5.41, 5.74) is -0.761. The number of ether oxygens (including phenoxy) is 1. The van der Waals surface area contributed by atoms with Crippen molar-refractivity contribution in [2.75, 3.05) is 37.7 Å². The Morgan fingerprint density at radius 2 is 1.79 bits per heavy atom. The van der Waals surface area contributed by atoms with Gasteiger partial charge in [-0.25, -0.2) is 4.98 Å².